The number of halogens is 1. The summed E-state index contributed by atoms with van der Waals surface area (Å²) in [5.74, 6) is -0.389. The maximum absolute atomic E-state index is 10.3. The largest absolute Gasteiger partial charge is 0.392 e. The van der Waals surface area contributed by atoms with Crippen molar-refractivity contribution >= 4 is 23.1 Å². The summed E-state index contributed by atoms with van der Waals surface area (Å²) in [5.41, 5.74) is 6.01. The van der Waals surface area contributed by atoms with Gasteiger partial charge in [0.1, 0.15) is 5.69 Å². The Hall–Kier alpha value is -1.36. The Labute approximate surface area is 73.3 Å². The first-order valence-electron chi connectivity index (χ1n) is 3.09. The van der Waals surface area contributed by atoms with Crippen LogP contribution in [-0.2, 0) is 0 Å². The molecule has 1 heterocycles. The summed E-state index contributed by atoms with van der Waals surface area (Å²) in [7, 11) is 0. The van der Waals surface area contributed by atoms with E-state index >= 15 is 0 Å². The van der Waals surface area contributed by atoms with Crippen molar-refractivity contribution in [3.8, 4) is 0 Å². The number of hydrogen-bond donors (Lipinski definition) is 1. The molecule has 0 saturated carbocycles. The van der Waals surface area contributed by atoms with E-state index in [-0.39, 0.29) is 16.7 Å². The van der Waals surface area contributed by atoms with Gasteiger partial charge in [0.15, 0.2) is 0 Å². The van der Waals surface area contributed by atoms with Gasteiger partial charge >= 0.3 is 5.82 Å². The molecule has 0 aliphatic heterocycles. The van der Waals surface area contributed by atoms with Crippen molar-refractivity contribution in [3.63, 3.8) is 0 Å². The second kappa shape index (κ2) is 2.94. The number of nitrogens with two attached hydrogens (primary N) is 1. The fourth-order valence-corrected chi connectivity index (χ4v) is 1.01. The highest BCUT2D eigenvalue weighted by Gasteiger charge is 2.16. The molecule has 2 N–H and O–H groups in total. The van der Waals surface area contributed by atoms with Crippen molar-refractivity contribution < 1.29 is 4.92 Å². The summed E-state index contributed by atoms with van der Waals surface area (Å²) < 4.78 is 0. The van der Waals surface area contributed by atoms with Gasteiger partial charge in [-0.3, -0.25) is 0 Å². The van der Waals surface area contributed by atoms with E-state index in [0.717, 1.165) is 0 Å². The minimum atomic E-state index is -0.659. The quantitative estimate of drug-likeness (QED) is 0.411. The molecule has 0 aromatic carbocycles. The van der Waals surface area contributed by atoms with E-state index in [0.29, 0.717) is 5.56 Å². The van der Waals surface area contributed by atoms with Gasteiger partial charge in [0.2, 0.25) is 5.15 Å². The Morgan fingerprint density at radius 1 is 1.75 bits per heavy atom. The summed E-state index contributed by atoms with van der Waals surface area (Å²) in [6, 6.07) is 1.48. The van der Waals surface area contributed by atoms with Gasteiger partial charge < -0.3 is 15.8 Å². The molecule has 0 aliphatic rings. The molecule has 1 aromatic rings. The van der Waals surface area contributed by atoms with Crippen LogP contribution >= 0.6 is 11.6 Å². The van der Waals surface area contributed by atoms with Crippen LogP contribution in [0.3, 0.4) is 0 Å². The average molecular weight is 188 g/mol. The standard InChI is InChI=1S/C6H6ClN3O2/c1-3-2-4(7)9-6(5(3)8)10(11)12/h2H,8H2,1H3. The molecule has 0 unspecified atom stereocenters. The molecule has 0 bridgehead atoms. The molecule has 6 heteroatoms. The van der Waals surface area contributed by atoms with Crippen LogP contribution < -0.4 is 5.73 Å². The minimum Gasteiger partial charge on any atom is -0.392 e. The minimum absolute atomic E-state index is 0.0596. The molecular formula is C6H6ClN3O2. The number of aryl methyl sites for hydroxylation is 1. The molecule has 5 nitrogen and oxygen atoms in total. The van der Waals surface area contributed by atoms with Gasteiger partial charge in [-0.25, -0.2) is 0 Å². The molecule has 64 valence electrons. The molecule has 0 spiro atoms. The van der Waals surface area contributed by atoms with E-state index in [1.165, 1.54) is 6.07 Å². The molecule has 0 atom stereocenters. The van der Waals surface area contributed by atoms with Crippen LogP contribution in [0.15, 0.2) is 6.07 Å². The van der Waals surface area contributed by atoms with Crippen LogP contribution in [0.2, 0.25) is 5.15 Å². The predicted octanol–water partition coefficient (Wildman–Crippen LogP) is 1.53. The maximum atomic E-state index is 10.3. The van der Waals surface area contributed by atoms with E-state index in [4.69, 9.17) is 17.3 Å². The Morgan fingerprint density at radius 2 is 2.33 bits per heavy atom. The summed E-state index contributed by atoms with van der Waals surface area (Å²) in [6.45, 7) is 1.63. The number of nitrogens with zero attached hydrogens (tertiary/aromatic N) is 2. The molecule has 12 heavy (non-hydrogen) atoms. The van der Waals surface area contributed by atoms with Gasteiger partial charge in [-0.2, -0.15) is 0 Å². The summed E-state index contributed by atoms with van der Waals surface area (Å²) >= 11 is 5.50. The Kier molecular flexibility index (Phi) is 2.14. The third kappa shape index (κ3) is 1.45. The first-order chi connectivity index (χ1) is 5.52. The first kappa shape index (κ1) is 8.73. The Morgan fingerprint density at radius 3 is 2.83 bits per heavy atom. The van der Waals surface area contributed by atoms with E-state index in [1.54, 1.807) is 6.92 Å². The summed E-state index contributed by atoms with van der Waals surface area (Å²) in [6.07, 6.45) is 0. The molecule has 0 aliphatic carbocycles. The third-order valence-corrected chi connectivity index (χ3v) is 1.58. The molecule has 0 fully saturated rings. The molecule has 0 radical (unpaired) electrons. The van der Waals surface area contributed by atoms with Gasteiger partial charge in [-0.1, -0.05) is 0 Å². The zero-order valence-electron chi connectivity index (χ0n) is 6.24. The highest BCUT2D eigenvalue weighted by molar-refractivity contribution is 6.29. The van der Waals surface area contributed by atoms with Crippen molar-refractivity contribution in [2.24, 2.45) is 0 Å². The number of hydrogen-bond acceptors (Lipinski definition) is 4. The maximum Gasteiger partial charge on any atom is 0.388 e. The van der Waals surface area contributed by atoms with Gasteiger partial charge in [-0.05, 0) is 34.0 Å². The number of nitro groups is 1. The van der Waals surface area contributed by atoms with Crippen molar-refractivity contribution in [2.45, 2.75) is 6.92 Å². The third-order valence-electron chi connectivity index (χ3n) is 1.39. The highest BCUT2D eigenvalue weighted by Crippen LogP contribution is 2.24. The number of rotatable bonds is 1. The summed E-state index contributed by atoms with van der Waals surface area (Å²) in [4.78, 5) is 13.1. The van der Waals surface area contributed by atoms with E-state index in [2.05, 4.69) is 4.98 Å². The lowest BCUT2D eigenvalue weighted by Gasteiger charge is -1.99. The van der Waals surface area contributed by atoms with Crippen LogP contribution in [0.4, 0.5) is 11.5 Å². The topological polar surface area (TPSA) is 82.0 Å². The van der Waals surface area contributed by atoms with E-state index < -0.39 is 4.92 Å². The number of aromatic nitrogens is 1. The van der Waals surface area contributed by atoms with Crippen molar-refractivity contribution in [1.82, 2.24) is 4.98 Å². The predicted molar refractivity (Wildman–Crippen MR) is 45.1 cm³/mol. The first-order valence-corrected chi connectivity index (χ1v) is 3.47. The molecule has 1 rings (SSSR count). The van der Waals surface area contributed by atoms with Crippen LogP contribution in [0.1, 0.15) is 5.56 Å². The number of pyridine rings is 1. The number of anilines is 1. The molecule has 0 saturated heterocycles. The smallest absolute Gasteiger partial charge is 0.388 e. The molecular weight excluding hydrogens is 182 g/mol. The van der Waals surface area contributed by atoms with Gasteiger partial charge in [0.25, 0.3) is 0 Å². The Bertz CT molecular complexity index is 340. The van der Waals surface area contributed by atoms with Crippen molar-refractivity contribution in [3.05, 3.63) is 26.9 Å². The van der Waals surface area contributed by atoms with Crippen molar-refractivity contribution in [1.29, 1.82) is 0 Å². The average Bonchev–Trinajstić information content (AvgIpc) is 1.96. The second-order valence-electron chi connectivity index (χ2n) is 2.26. The van der Waals surface area contributed by atoms with E-state index in [9.17, 15) is 10.1 Å². The number of nitrogen functional groups attached to an aromatic ring is 1. The monoisotopic (exact) mass is 187 g/mol. The Balaban J connectivity index is 3.37. The molecule has 1 aromatic heterocycles. The van der Waals surface area contributed by atoms with Gasteiger partial charge in [0.05, 0.1) is 0 Å². The molecule has 0 amide bonds. The van der Waals surface area contributed by atoms with Crippen LogP contribution in [0.5, 0.6) is 0 Å². The van der Waals surface area contributed by atoms with Gasteiger partial charge in [-0.15, -0.1) is 0 Å². The van der Waals surface area contributed by atoms with Crippen LogP contribution in [-0.4, -0.2) is 9.91 Å². The normalized spacial score (nSPS) is 9.83. The highest BCUT2D eigenvalue weighted by atomic mass is 35.5. The fourth-order valence-electron chi connectivity index (χ4n) is 0.766. The van der Waals surface area contributed by atoms with Crippen LogP contribution in [0.25, 0.3) is 0 Å². The zero-order valence-corrected chi connectivity index (χ0v) is 7.00. The van der Waals surface area contributed by atoms with E-state index in [1.807, 2.05) is 0 Å². The fraction of sp³-hybridized carbons (Fsp3) is 0.167. The van der Waals surface area contributed by atoms with Crippen LogP contribution in [0, 0.1) is 17.0 Å². The SMILES string of the molecule is Cc1cc(Cl)nc([N+](=O)[O-])c1N. The van der Waals surface area contributed by atoms with Gasteiger partial charge in [0, 0.05) is 6.07 Å². The zero-order chi connectivity index (χ0) is 9.30. The lowest BCUT2D eigenvalue weighted by Crippen LogP contribution is -2.00. The summed E-state index contributed by atoms with van der Waals surface area (Å²) in [5, 5.41) is 10.4. The van der Waals surface area contributed by atoms with Crippen molar-refractivity contribution in [2.75, 3.05) is 5.73 Å². The second-order valence-corrected chi connectivity index (χ2v) is 2.64. The lowest BCUT2D eigenvalue weighted by molar-refractivity contribution is -0.388. The lowest BCUT2D eigenvalue weighted by atomic mass is 10.2.